The number of carboxylic acid groups (broad SMARTS) is 1. The number of rotatable bonds is 3. The summed E-state index contributed by atoms with van der Waals surface area (Å²) < 4.78 is 13.8. The summed E-state index contributed by atoms with van der Waals surface area (Å²) in [5.74, 6) is -2.84. The van der Waals surface area contributed by atoms with E-state index in [0.29, 0.717) is 0 Å². The molecule has 21 heavy (non-hydrogen) atoms. The molecule has 4 N–H and O–H groups in total. The Kier molecular flexibility index (Phi) is 3.79. The first-order valence-electron chi connectivity index (χ1n) is 6.20. The van der Waals surface area contributed by atoms with E-state index in [1.165, 1.54) is 7.05 Å². The number of carbonyl (C=O) groups excluding carboxylic acids is 2. The summed E-state index contributed by atoms with van der Waals surface area (Å²) >= 11 is 0. The molecule has 2 rings (SSSR count). The van der Waals surface area contributed by atoms with Crippen molar-refractivity contribution in [2.45, 2.75) is 18.9 Å². The van der Waals surface area contributed by atoms with Gasteiger partial charge >= 0.3 is 5.97 Å². The normalized spacial score (nSPS) is 18.8. The third kappa shape index (κ3) is 2.78. The Bertz CT molecular complexity index is 632. The standard InChI is InChI=1S/C13H14FN3O4/c1-17-11(18)3-2-9(12(17)19)16-10-4-6(13(20)21)8(15)5-7(10)14/h4-5,9,16H,2-3,15H2,1H3,(H,20,21). The molecule has 0 aliphatic carbocycles. The Morgan fingerprint density at radius 1 is 1.48 bits per heavy atom. The minimum atomic E-state index is -1.29. The van der Waals surface area contributed by atoms with Crippen molar-refractivity contribution in [3.05, 3.63) is 23.5 Å². The Morgan fingerprint density at radius 3 is 2.76 bits per heavy atom. The first kappa shape index (κ1) is 14.8. The molecule has 7 nitrogen and oxygen atoms in total. The zero-order valence-electron chi connectivity index (χ0n) is 11.2. The largest absolute Gasteiger partial charge is 0.478 e. The van der Waals surface area contributed by atoms with Gasteiger partial charge in [-0.2, -0.15) is 0 Å². The highest BCUT2D eigenvalue weighted by atomic mass is 19.1. The minimum absolute atomic E-state index is 0.136. The maximum absolute atomic E-state index is 13.8. The van der Waals surface area contributed by atoms with Crippen LogP contribution < -0.4 is 11.1 Å². The Labute approximate surface area is 119 Å². The average Bonchev–Trinajstić information content (AvgIpc) is 2.41. The van der Waals surface area contributed by atoms with E-state index < -0.39 is 23.7 Å². The van der Waals surface area contributed by atoms with Crippen LogP contribution in [0.25, 0.3) is 0 Å². The zero-order chi connectivity index (χ0) is 15.7. The first-order chi connectivity index (χ1) is 9.81. The molecule has 1 unspecified atom stereocenters. The van der Waals surface area contributed by atoms with Gasteiger partial charge in [-0.25, -0.2) is 9.18 Å². The highest BCUT2D eigenvalue weighted by Crippen LogP contribution is 2.25. The highest BCUT2D eigenvalue weighted by Gasteiger charge is 2.32. The molecule has 1 aromatic carbocycles. The number of nitrogens with zero attached hydrogens (tertiary/aromatic N) is 1. The monoisotopic (exact) mass is 295 g/mol. The van der Waals surface area contributed by atoms with Gasteiger partial charge in [0, 0.05) is 19.2 Å². The maximum atomic E-state index is 13.8. The van der Waals surface area contributed by atoms with Gasteiger partial charge in [-0.05, 0) is 18.6 Å². The molecule has 1 aliphatic heterocycles. The number of likely N-dealkylation sites (tertiary alicyclic amines) is 1. The van der Waals surface area contributed by atoms with E-state index in [4.69, 9.17) is 10.8 Å². The van der Waals surface area contributed by atoms with Crippen LogP contribution in [0.5, 0.6) is 0 Å². The smallest absolute Gasteiger partial charge is 0.337 e. The second kappa shape index (κ2) is 5.39. The van der Waals surface area contributed by atoms with Crippen molar-refractivity contribution in [1.29, 1.82) is 0 Å². The number of likely N-dealkylation sites (N-methyl/N-ethyl adjacent to an activating group) is 1. The van der Waals surface area contributed by atoms with E-state index in [1.807, 2.05) is 0 Å². The van der Waals surface area contributed by atoms with Crippen LogP contribution in [0.2, 0.25) is 0 Å². The van der Waals surface area contributed by atoms with E-state index in [1.54, 1.807) is 0 Å². The fraction of sp³-hybridized carbons (Fsp3) is 0.308. The van der Waals surface area contributed by atoms with E-state index >= 15 is 0 Å². The van der Waals surface area contributed by atoms with Crippen LogP contribution in [0.15, 0.2) is 12.1 Å². The quantitative estimate of drug-likeness (QED) is 0.558. The van der Waals surface area contributed by atoms with Gasteiger partial charge in [-0.15, -0.1) is 0 Å². The van der Waals surface area contributed by atoms with E-state index in [2.05, 4.69) is 5.32 Å². The van der Waals surface area contributed by atoms with Gasteiger partial charge in [0.05, 0.1) is 11.3 Å². The number of imide groups is 1. The van der Waals surface area contributed by atoms with E-state index in [0.717, 1.165) is 17.0 Å². The summed E-state index contributed by atoms with van der Waals surface area (Å²) in [6, 6.07) is 1.14. The van der Waals surface area contributed by atoms with Gasteiger partial charge in [0.1, 0.15) is 11.9 Å². The number of halogens is 1. The van der Waals surface area contributed by atoms with Crippen LogP contribution in [0.4, 0.5) is 15.8 Å². The first-order valence-corrected chi connectivity index (χ1v) is 6.20. The van der Waals surface area contributed by atoms with Crippen molar-refractivity contribution < 1.29 is 23.9 Å². The third-order valence-corrected chi connectivity index (χ3v) is 3.35. The number of nitrogen functional groups attached to an aromatic ring is 1. The molecule has 112 valence electrons. The van der Waals surface area contributed by atoms with Gasteiger partial charge in [0.15, 0.2) is 0 Å². The molecule has 1 heterocycles. The molecule has 0 saturated carbocycles. The molecule has 8 heteroatoms. The molecular weight excluding hydrogens is 281 g/mol. The number of benzene rings is 1. The fourth-order valence-corrected chi connectivity index (χ4v) is 2.12. The van der Waals surface area contributed by atoms with E-state index in [9.17, 15) is 18.8 Å². The highest BCUT2D eigenvalue weighted by molar-refractivity contribution is 6.01. The lowest BCUT2D eigenvalue weighted by Crippen LogP contribution is -2.48. The molecule has 0 aromatic heterocycles. The molecule has 1 saturated heterocycles. The molecule has 0 bridgehead atoms. The number of amides is 2. The number of carboxylic acids is 1. The van der Waals surface area contributed by atoms with Crippen molar-refractivity contribution in [3.8, 4) is 0 Å². The topological polar surface area (TPSA) is 113 Å². The predicted octanol–water partition coefficient (Wildman–Crippen LogP) is 0.665. The van der Waals surface area contributed by atoms with Gasteiger partial charge in [-0.1, -0.05) is 0 Å². The number of piperidine rings is 1. The molecule has 0 radical (unpaired) electrons. The van der Waals surface area contributed by atoms with Crippen LogP contribution in [0.3, 0.4) is 0 Å². The molecule has 1 aliphatic rings. The van der Waals surface area contributed by atoms with Crippen LogP contribution >= 0.6 is 0 Å². The van der Waals surface area contributed by atoms with Crippen molar-refractivity contribution in [2.24, 2.45) is 0 Å². The summed E-state index contributed by atoms with van der Waals surface area (Å²) in [7, 11) is 1.35. The summed E-state index contributed by atoms with van der Waals surface area (Å²) in [5.41, 5.74) is 4.83. The SMILES string of the molecule is CN1C(=O)CCC(Nc2cc(C(=O)O)c(N)cc2F)C1=O. The summed E-state index contributed by atoms with van der Waals surface area (Å²) in [6.07, 6.45) is 0.372. The van der Waals surface area contributed by atoms with Crippen molar-refractivity contribution in [3.63, 3.8) is 0 Å². The van der Waals surface area contributed by atoms with Gasteiger partial charge in [-0.3, -0.25) is 14.5 Å². The van der Waals surface area contributed by atoms with Gasteiger partial charge in [0.25, 0.3) is 5.91 Å². The number of nitrogens with one attached hydrogen (secondary N) is 1. The Hall–Kier alpha value is -2.64. The number of hydrogen-bond acceptors (Lipinski definition) is 5. The lowest BCUT2D eigenvalue weighted by molar-refractivity contribution is -0.146. The van der Waals surface area contributed by atoms with Crippen LogP contribution in [0.1, 0.15) is 23.2 Å². The lowest BCUT2D eigenvalue weighted by Gasteiger charge is -2.29. The third-order valence-electron chi connectivity index (χ3n) is 3.35. The van der Waals surface area contributed by atoms with Crippen molar-refractivity contribution >= 4 is 29.2 Å². The number of carbonyl (C=O) groups is 3. The molecule has 0 spiro atoms. The van der Waals surface area contributed by atoms with E-state index in [-0.39, 0.29) is 35.7 Å². The van der Waals surface area contributed by atoms with Crippen molar-refractivity contribution in [1.82, 2.24) is 4.90 Å². The zero-order valence-corrected chi connectivity index (χ0v) is 11.2. The second-order valence-electron chi connectivity index (χ2n) is 4.75. The summed E-state index contributed by atoms with van der Waals surface area (Å²) in [4.78, 5) is 35.2. The van der Waals surface area contributed by atoms with Crippen LogP contribution in [-0.2, 0) is 9.59 Å². The van der Waals surface area contributed by atoms with Crippen LogP contribution in [0, 0.1) is 5.82 Å². The molecule has 2 amide bonds. The lowest BCUT2D eigenvalue weighted by atomic mass is 10.0. The number of nitrogens with two attached hydrogens (primary N) is 1. The summed E-state index contributed by atoms with van der Waals surface area (Å²) in [6.45, 7) is 0. The van der Waals surface area contributed by atoms with Gasteiger partial charge in [0.2, 0.25) is 5.91 Å². The predicted molar refractivity (Wildman–Crippen MR) is 72.2 cm³/mol. The Morgan fingerprint density at radius 2 is 2.14 bits per heavy atom. The number of aromatic carboxylic acids is 1. The number of hydrogen-bond donors (Lipinski definition) is 3. The Balaban J connectivity index is 2.27. The fourth-order valence-electron chi connectivity index (χ4n) is 2.12. The molecular formula is C13H14FN3O4. The second-order valence-corrected chi connectivity index (χ2v) is 4.75. The van der Waals surface area contributed by atoms with Crippen LogP contribution in [-0.4, -0.2) is 40.9 Å². The summed E-state index contributed by atoms with van der Waals surface area (Å²) in [5, 5.41) is 11.6. The van der Waals surface area contributed by atoms with Gasteiger partial charge < -0.3 is 16.2 Å². The molecule has 1 aromatic rings. The molecule has 1 fully saturated rings. The number of anilines is 2. The average molecular weight is 295 g/mol. The minimum Gasteiger partial charge on any atom is -0.478 e. The maximum Gasteiger partial charge on any atom is 0.337 e. The van der Waals surface area contributed by atoms with Crippen molar-refractivity contribution in [2.75, 3.05) is 18.1 Å². The molecule has 1 atom stereocenters.